The van der Waals surface area contributed by atoms with Crippen LogP contribution in [0.2, 0.25) is 0 Å². The van der Waals surface area contributed by atoms with Gasteiger partial charge in [-0.2, -0.15) is 0 Å². The molecule has 0 bridgehead atoms. The Balaban J connectivity index is 3.63. The maximum Gasteiger partial charge on any atom is 0.336 e. The smallest absolute Gasteiger partial charge is 0.336 e. The first-order chi connectivity index (χ1) is 4.72. The van der Waals surface area contributed by atoms with E-state index < -0.39 is 5.97 Å². The van der Waals surface area contributed by atoms with Crippen LogP contribution in [0.25, 0.3) is 0 Å². The lowest BCUT2D eigenvalue weighted by Gasteiger charge is -1.99. The lowest BCUT2D eigenvalue weighted by atomic mass is 10.3. The molecule has 0 aliphatic heterocycles. The van der Waals surface area contributed by atoms with E-state index in [-0.39, 0.29) is 18.8 Å². The third-order valence-electron chi connectivity index (χ3n) is 0.840. The monoisotopic (exact) mass is 146 g/mol. The van der Waals surface area contributed by atoms with Gasteiger partial charge in [-0.1, -0.05) is 0 Å². The third kappa shape index (κ3) is 3.09. The molecule has 0 aliphatic rings. The van der Waals surface area contributed by atoms with Gasteiger partial charge in [0.05, 0.1) is 18.4 Å². The zero-order valence-electron chi connectivity index (χ0n) is 5.70. The molecular formula is C6H10O4. The van der Waals surface area contributed by atoms with Crippen molar-refractivity contribution < 1.29 is 19.7 Å². The molecular weight excluding hydrogens is 136 g/mol. The maximum absolute atomic E-state index is 10.6. The van der Waals surface area contributed by atoms with Gasteiger partial charge in [0.1, 0.15) is 6.61 Å². The summed E-state index contributed by atoms with van der Waals surface area (Å²) < 4.78 is 4.43. The van der Waals surface area contributed by atoms with Gasteiger partial charge in [-0.3, -0.25) is 0 Å². The van der Waals surface area contributed by atoms with Crippen molar-refractivity contribution in [2.45, 2.75) is 6.92 Å². The summed E-state index contributed by atoms with van der Waals surface area (Å²) in [4.78, 5) is 10.6. The van der Waals surface area contributed by atoms with Crippen LogP contribution in [0.4, 0.5) is 0 Å². The number of esters is 1. The largest absolute Gasteiger partial charge is 0.515 e. The highest BCUT2D eigenvalue weighted by Gasteiger charge is 2.03. The van der Waals surface area contributed by atoms with Crippen LogP contribution in [-0.4, -0.2) is 29.4 Å². The Morgan fingerprint density at radius 1 is 1.70 bits per heavy atom. The molecule has 0 saturated heterocycles. The van der Waals surface area contributed by atoms with Crippen molar-refractivity contribution in [1.82, 2.24) is 0 Å². The molecule has 0 radical (unpaired) electrons. The fraction of sp³-hybridized carbons (Fsp3) is 0.500. The SMILES string of the molecule is CC(=CO)C(=O)OCCO. The second kappa shape index (κ2) is 4.81. The van der Waals surface area contributed by atoms with Crippen molar-refractivity contribution in [3.05, 3.63) is 11.8 Å². The molecule has 0 amide bonds. The van der Waals surface area contributed by atoms with Gasteiger partial charge in [0.15, 0.2) is 0 Å². The normalized spacial score (nSPS) is 11.2. The van der Waals surface area contributed by atoms with Crippen molar-refractivity contribution >= 4 is 5.97 Å². The van der Waals surface area contributed by atoms with Gasteiger partial charge in [0.2, 0.25) is 0 Å². The molecule has 0 fully saturated rings. The zero-order chi connectivity index (χ0) is 7.98. The second-order valence-electron chi connectivity index (χ2n) is 1.67. The summed E-state index contributed by atoms with van der Waals surface area (Å²) >= 11 is 0. The Labute approximate surface area is 58.7 Å². The van der Waals surface area contributed by atoms with Gasteiger partial charge in [-0.15, -0.1) is 0 Å². The maximum atomic E-state index is 10.6. The van der Waals surface area contributed by atoms with E-state index in [1.54, 1.807) is 0 Å². The van der Waals surface area contributed by atoms with Crippen LogP contribution in [-0.2, 0) is 9.53 Å². The van der Waals surface area contributed by atoms with E-state index in [4.69, 9.17) is 10.2 Å². The van der Waals surface area contributed by atoms with Crippen molar-refractivity contribution in [3.63, 3.8) is 0 Å². The zero-order valence-corrected chi connectivity index (χ0v) is 5.70. The molecule has 10 heavy (non-hydrogen) atoms. The summed E-state index contributed by atoms with van der Waals surface area (Å²) in [6, 6.07) is 0. The molecule has 0 heterocycles. The molecule has 0 aromatic carbocycles. The molecule has 0 aromatic heterocycles. The third-order valence-corrected chi connectivity index (χ3v) is 0.840. The van der Waals surface area contributed by atoms with E-state index in [1.807, 2.05) is 0 Å². The quantitative estimate of drug-likeness (QED) is 0.333. The fourth-order valence-corrected chi connectivity index (χ4v) is 0.305. The van der Waals surface area contributed by atoms with Gasteiger partial charge >= 0.3 is 5.97 Å². The molecule has 0 rings (SSSR count). The van der Waals surface area contributed by atoms with Gasteiger partial charge in [-0.05, 0) is 6.92 Å². The molecule has 0 spiro atoms. The number of hydrogen-bond donors (Lipinski definition) is 2. The topological polar surface area (TPSA) is 66.8 Å². The summed E-state index contributed by atoms with van der Waals surface area (Å²) in [6.07, 6.45) is 0.666. The van der Waals surface area contributed by atoms with Gasteiger partial charge < -0.3 is 14.9 Å². The Morgan fingerprint density at radius 3 is 2.70 bits per heavy atom. The van der Waals surface area contributed by atoms with Crippen LogP contribution in [0.3, 0.4) is 0 Å². The molecule has 0 aliphatic carbocycles. The van der Waals surface area contributed by atoms with Gasteiger partial charge in [-0.25, -0.2) is 4.79 Å². The first kappa shape index (κ1) is 8.97. The van der Waals surface area contributed by atoms with Gasteiger partial charge in [0.25, 0.3) is 0 Å². The van der Waals surface area contributed by atoms with E-state index in [1.165, 1.54) is 6.92 Å². The molecule has 58 valence electrons. The molecule has 0 unspecified atom stereocenters. The first-order valence-corrected chi connectivity index (χ1v) is 2.81. The first-order valence-electron chi connectivity index (χ1n) is 2.81. The summed E-state index contributed by atoms with van der Waals surface area (Å²) in [5.41, 5.74) is 0.119. The second-order valence-corrected chi connectivity index (χ2v) is 1.67. The predicted molar refractivity (Wildman–Crippen MR) is 34.4 cm³/mol. The van der Waals surface area contributed by atoms with Crippen LogP contribution in [0.5, 0.6) is 0 Å². The lowest BCUT2D eigenvalue weighted by molar-refractivity contribution is -0.140. The number of carbonyl (C=O) groups is 1. The predicted octanol–water partition coefficient (Wildman–Crippen LogP) is -0.0163. The molecule has 4 heteroatoms. The van der Waals surface area contributed by atoms with Gasteiger partial charge in [0, 0.05) is 0 Å². The number of ether oxygens (including phenoxy) is 1. The average Bonchev–Trinajstić information content (AvgIpc) is 1.98. The summed E-state index contributed by atoms with van der Waals surface area (Å²) in [5, 5.41) is 16.5. The van der Waals surface area contributed by atoms with E-state index in [0.717, 1.165) is 0 Å². The van der Waals surface area contributed by atoms with Crippen molar-refractivity contribution in [2.24, 2.45) is 0 Å². The molecule has 0 aromatic rings. The van der Waals surface area contributed by atoms with E-state index in [0.29, 0.717) is 6.26 Å². The Kier molecular flexibility index (Phi) is 4.32. The van der Waals surface area contributed by atoms with Crippen molar-refractivity contribution in [1.29, 1.82) is 0 Å². The number of hydrogen-bond acceptors (Lipinski definition) is 4. The van der Waals surface area contributed by atoms with E-state index >= 15 is 0 Å². The highest BCUT2D eigenvalue weighted by Crippen LogP contribution is 1.93. The van der Waals surface area contributed by atoms with Crippen molar-refractivity contribution in [3.8, 4) is 0 Å². The van der Waals surface area contributed by atoms with Crippen LogP contribution < -0.4 is 0 Å². The number of aliphatic hydroxyl groups excluding tert-OH is 2. The molecule has 4 nitrogen and oxygen atoms in total. The van der Waals surface area contributed by atoms with Crippen LogP contribution in [0.1, 0.15) is 6.92 Å². The molecule has 0 saturated carbocycles. The number of aliphatic hydroxyl groups is 2. The summed E-state index contributed by atoms with van der Waals surface area (Å²) in [7, 11) is 0. The molecule has 2 N–H and O–H groups in total. The lowest BCUT2D eigenvalue weighted by Crippen LogP contribution is -2.09. The Morgan fingerprint density at radius 2 is 2.30 bits per heavy atom. The fourth-order valence-electron chi connectivity index (χ4n) is 0.305. The van der Waals surface area contributed by atoms with Crippen LogP contribution >= 0.6 is 0 Å². The van der Waals surface area contributed by atoms with Crippen LogP contribution in [0, 0.1) is 0 Å². The minimum absolute atomic E-state index is 0.0377. The average molecular weight is 146 g/mol. The van der Waals surface area contributed by atoms with Crippen molar-refractivity contribution in [2.75, 3.05) is 13.2 Å². The van der Waals surface area contributed by atoms with E-state index in [9.17, 15) is 4.79 Å². The molecule has 0 atom stereocenters. The summed E-state index contributed by atoms with van der Waals surface area (Å²) in [5.74, 6) is -0.614. The Bertz CT molecular complexity index is 139. The highest BCUT2D eigenvalue weighted by molar-refractivity contribution is 5.87. The minimum atomic E-state index is -0.614. The standard InChI is InChI=1S/C6H10O4/c1-5(4-8)6(9)10-3-2-7/h4,7-8H,2-3H2,1H3. The summed E-state index contributed by atoms with van der Waals surface area (Å²) in [6.45, 7) is 1.17. The number of rotatable bonds is 3. The number of carbonyl (C=O) groups excluding carboxylic acids is 1. The Hall–Kier alpha value is -1.03. The van der Waals surface area contributed by atoms with Crippen LogP contribution in [0.15, 0.2) is 11.8 Å². The minimum Gasteiger partial charge on any atom is -0.515 e. The highest BCUT2D eigenvalue weighted by atomic mass is 16.5. The van der Waals surface area contributed by atoms with E-state index in [2.05, 4.69) is 4.74 Å².